The van der Waals surface area contributed by atoms with Crippen LogP contribution in [-0.2, 0) is 11.3 Å². The number of amides is 4. The first-order valence-electron chi connectivity index (χ1n) is 16.3. The van der Waals surface area contributed by atoms with Gasteiger partial charge in [-0.15, -0.1) is 6.42 Å². The highest BCUT2D eigenvalue weighted by Gasteiger charge is 2.21. The fourth-order valence-corrected chi connectivity index (χ4v) is 5.09. The van der Waals surface area contributed by atoms with Gasteiger partial charge in [0.2, 0.25) is 0 Å². The van der Waals surface area contributed by atoms with Gasteiger partial charge in [-0.2, -0.15) is 0 Å². The number of terminal acetylenes is 1. The predicted octanol–water partition coefficient (Wildman–Crippen LogP) is 6.26. The van der Waals surface area contributed by atoms with Crippen LogP contribution >= 0.6 is 0 Å². The van der Waals surface area contributed by atoms with Gasteiger partial charge in [-0.25, -0.2) is 9.59 Å². The fraction of sp³-hybridized carbons (Fsp3) is 0.368. The molecule has 4 N–H and O–H groups in total. The maximum absolute atomic E-state index is 12.7. The van der Waals surface area contributed by atoms with Crippen LogP contribution in [0.25, 0.3) is 0 Å². The van der Waals surface area contributed by atoms with Crippen molar-refractivity contribution in [3.05, 3.63) is 94.5 Å². The molecule has 0 radical (unpaired) electrons. The van der Waals surface area contributed by atoms with Gasteiger partial charge < -0.3 is 14.5 Å². The minimum Gasteiger partial charge on any atom is -0.375 e. The summed E-state index contributed by atoms with van der Waals surface area (Å²) in [5.41, 5.74) is 7.00. The predicted molar refractivity (Wildman–Crippen MR) is 201 cm³/mol. The van der Waals surface area contributed by atoms with Crippen LogP contribution in [0.15, 0.2) is 66.7 Å². The number of anilines is 2. The number of guanidine groups is 2. The van der Waals surface area contributed by atoms with Crippen molar-refractivity contribution in [3.63, 3.8) is 0 Å². The van der Waals surface area contributed by atoms with E-state index in [1.165, 1.54) is 4.90 Å². The van der Waals surface area contributed by atoms with E-state index in [2.05, 4.69) is 16.6 Å². The van der Waals surface area contributed by atoms with Crippen LogP contribution in [0.4, 0.5) is 21.0 Å². The summed E-state index contributed by atoms with van der Waals surface area (Å²) in [5, 5.41) is 21.3. The monoisotopic (exact) mass is 668 g/mol. The maximum Gasteiger partial charge on any atom is 0.328 e. The zero-order valence-electron chi connectivity index (χ0n) is 30.2. The minimum atomic E-state index is -0.330. The van der Waals surface area contributed by atoms with Crippen molar-refractivity contribution in [2.45, 2.75) is 48.1 Å². The van der Waals surface area contributed by atoms with Crippen LogP contribution in [0.1, 0.15) is 41.7 Å². The number of urea groups is 2. The lowest BCUT2D eigenvalue weighted by Crippen LogP contribution is -2.49. The summed E-state index contributed by atoms with van der Waals surface area (Å²) in [6.45, 7) is 14.6. The standard InChI is InChI=1S/C22H30N4O2.C16H22N4O/c1-5-26(20-17(2)10-9-11-18(20)3)22(27)24-21(23)25(4)14-15-28-16-19-12-7-6-8-13-19;1-6-11-19(5)15(17)18-16(21)20(7-2)14-12(3)9-8-10-13(14)4/h6-13H,5,14-16H2,1-4H3,(H2,23,24,27);1,8-10H,7,11H2,2-5H3,(H2,17,18,21). The summed E-state index contributed by atoms with van der Waals surface area (Å²) in [4.78, 5) is 31.6. The Morgan fingerprint density at radius 1 is 0.714 bits per heavy atom. The van der Waals surface area contributed by atoms with Gasteiger partial charge in [0.15, 0.2) is 11.9 Å². The molecular weight excluding hydrogens is 616 g/mol. The summed E-state index contributed by atoms with van der Waals surface area (Å²) in [7, 11) is 3.43. The molecule has 0 saturated heterocycles. The number of nitrogens with one attached hydrogen (secondary N) is 4. The molecular formula is C38H52N8O3. The summed E-state index contributed by atoms with van der Waals surface area (Å²) in [6.07, 6.45) is 5.20. The van der Waals surface area contributed by atoms with Gasteiger partial charge >= 0.3 is 12.1 Å². The zero-order valence-corrected chi connectivity index (χ0v) is 30.2. The molecule has 0 heterocycles. The third-order valence-corrected chi connectivity index (χ3v) is 7.77. The second-order valence-electron chi connectivity index (χ2n) is 11.5. The molecule has 4 amide bonds. The molecule has 0 atom stereocenters. The Bertz CT molecular complexity index is 1560. The molecule has 49 heavy (non-hydrogen) atoms. The van der Waals surface area contributed by atoms with E-state index in [9.17, 15) is 9.59 Å². The molecule has 0 fully saturated rings. The molecule has 0 aliphatic carbocycles. The topological polar surface area (TPSA) is 128 Å². The third kappa shape index (κ3) is 12.0. The summed E-state index contributed by atoms with van der Waals surface area (Å²) in [5.74, 6) is 2.48. The number of ether oxygens (including phenoxy) is 1. The van der Waals surface area contributed by atoms with Gasteiger partial charge in [0, 0.05) is 33.7 Å². The van der Waals surface area contributed by atoms with Gasteiger partial charge in [-0.1, -0.05) is 72.7 Å². The van der Waals surface area contributed by atoms with E-state index in [1.807, 2.05) is 108 Å². The zero-order chi connectivity index (χ0) is 36.5. The largest absolute Gasteiger partial charge is 0.375 e. The first-order chi connectivity index (χ1) is 23.4. The Labute approximate surface area is 292 Å². The quantitative estimate of drug-likeness (QED) is 0.0878. The average molecular weight is 669 g/mol. The lowest BCUT2D eigenvalue weighted by molar-refractivity contribution is 0.111. The lowest BCUT2D eigenvalue weighted by atomic mass is 10.1. The number of nitrogens with zero attached hydrogens (tertiary/aromatic N) is 4. The smallest absolute Gasteiger partial charge is 0.328 e. The van der Waals surface area contributed by atoms with E-state index < -0.39 is 0 Å². The van der Waals surface area contributed by atoms with Gasteiger partial charge in [-0.05, 0) is 69.4 Å². The molecule has 0 saturated carbocycles. The van der Waals surface area contributed by atoms with Crippen LogP contribution < -0.4 is 20.4 Å². The Morgan fingerprint density at radius 2 is 1.14 bits per heavy atom. The van der Waals surface area contributed by atoms with E-state index >= 15 is 0 Å². The second-order valence-corrected chi connectivity index (χ2v) is 11.5. The van der Waals surface area contributed by atoms with Crippen LogP contribution in [0.3, 0.4) is 0 Å². The Hall–Kier alpha value is -5.34. The Balaban J connectivity index is 0.000000355. The molecule has 0 bridgehead atoms. The van der Waals surface area contributed by atoms with Crippen molar-refractivity contribution in [3.8, 4) is 12.3 Å². The summed E-state index contributed by atoms with van der Waals surface area (Å²) >= 11 is 0. The molecule has 0 spiro atoms. The molecule has 3 aromatic rings. The van der Waals surface area contributed by atoms with Gasteiger partial charge in [-0.3, -0.25) is 31.3 Å². The SMILES string of the molecule is C#CCN(C)C(=N)NC(=O)N(CC)c1c(C)cccc1C.CCN(C(=O)NC(=N)N(C)CCOCc1ccccc1)c1c(C)cccc1C. The number of hydrogen-bond donors (Lipinski definition) is 4. The first-order valence-corrected chi connectivity index (χ1v) is 16.3. The van der Waals surface area contributed by atoms with Crippen molar-refractivity contribution in [2.75, 3.05) is 56.7 Å². The van der Waals surface area contributed by atoms with Crippen LogP contribution in [0.2, 0.25) is 0 Å². The van der Waals surface area contributed by atoms with Gasteiger partial charge in [0.05, 0.1) is 31.1 Å². The third-order valence-electron chi connectivity index (χ3n) is 7.77. The van der Waals surface area contributed by atoms with Gasteiger partial charge in [0.1, 0.15) is 0 Å². The highest BCUT2D eigenvalue weighted by Crippen LogP contribution is 2.25. The van der Waals surface area contributed by atoms with E-state index in [1.54, 1.807) is 28.8 Å². The number of benzene rings is 3. The molecule has 0 unspecified atom stereocenters. The van der Waals surface area contributed by atoms with Crippen molar-refractivity contribution >= 4 is 35.4 Å². The number of hydrogen-bond acceptors (Lipinski definition) is 5. The maximum atomic E-state index is 12.7. The number of likely N-dealkylation sites (N-methyl/N-ethyl adjacent to an activating group) is 1. The van der Waals surface area contributed by atoms with E-state index in [0.29, 0.717) is 32.8 Å². The lowest BCUT2D eigenvalue weighted by Gasteiger charge is -2.27. The number of carbonyl (C=O) groups is 2. The Kier molecular flexibility index (Phi) is 16.4. The van der Waals surface area contributed by atoms with Crippen LogP contribution in [0.5, 0.6) is 0 Å². The number of carbonyl (C=O) groups excluding carboxylic acids is 2. The highest BCUT2D eigenvalue weighted by atomic mass is 16.5. The summed E-state index contributed by atoms with van der Waals surface area (Å²) in [6, 6.07) is 21.2. The van der Waals surface area contributed by atoms with Crippen molar-refractivity contribution in [1.82, 2.24) is 20.4 Å². The first kappa shape index (κ1) is 39.8. The molecule has 0 aliphatic heterocycles. The fourth-order valence-electron chi connectivity index (χ4n) is 5.09. The summed E-state index contributed by atoms with van der Waals surface area (Å²) < 4.78 is 5.65. The van der Waals surface area contributed by atoms with E-state index in [4.69, 9.17) is 22.0 Å². The number of para-hydroxylation sites is 2. The van der Waals surface area contributed by atoms with Crippen LogP contribution in [-0.4, -0.2) is 80.7 Å². The van der Waals surface area contributed by atoms with E-state index in [0.717, 1.165) is 39.2 Å². The molecule has 0 aliphatic rings. The minimum absolute atomic E-state index is 0.0114. The molecule has 3 aromatic carbocycles. The highest BCUT2D eigenvalue weighted by molar-refractivity contribution is 6.04. The Morgan fingerprint density at radius 3 is 1.55 bits per heavy atom. The van der Waals surface area contributed by atoms with Crippen molar-refractivity contribution in [1.29, 1.82) is 10.8 Å². The molecule has 11 heteroatoms. The van der Waals surface area contributed by atoms with Gasteiger partial charge in [0.25, 0.3) is 0 Å². The van der Waals surface area contributed by atoms with Crippen LogP contribution in [0, 0.1) is 50.9 Å². The van der Waals surface area contributed by atoms with Crippen molar-refractivity contribution < 1.29 is 14.3 Å². The molecule has 11 nitrogen and oxygen atoms in total. The second kappa shape index (κ2) is 20.1. The average Bonchev–Trinajstić information content (AvgIpc) is 3.07. The van der Waals surface area contributed by atoms with E-state index in [-0.39, 0.29) is 30.5 Å². The van der Waals surface area contributed by atoms with Crippen molar-refractivity contribution in [2.24, 2.45) is 0 Å². The number of aryl methyl sites for hydroxylation is 4. The molecule has 3 rings (SSSR count). The number of rotatable bonds is 10. The molecule has 0 aromatic heterocycles. The normalized spacial score (nSPS) is 10.1. The molecule has 262 valence electrons.